The first-order valence-corrected chi connectivity index (χ1v) is 2.94. The summed E-state index contributed by atoms with van der Waals surface area (Å²) >= 11 is 0. The van der Waals surface area contributed by atoms with Gasteiger partial charge in [-0.15, -0.1) is 0 Å². The quantitative estimate of drug-likeness (QED) is 0.540. The van der Waals surface area contributed by atoms with Crippen LogP contribution in [-0.2, 0) is 14.2 Å². The molecule has 0 bridgehead atoms. The van der Waals surface area contributed by atoms with Crippen molar-refractivity contribution in [1.82, 2.24) is 0 Å². The van der Waals surface area contributed by atoms with Crippen molar-refractivity contribution >= 4 is 6.09 Å². The normalized spacial score (nSPS) is 25.8. The van der Waals surface area contributed by atoms with Crippen molar-refractivity contribution in [2.45, 2.75) is 6.29 Å². The van der Waals surface area contributed by atoms with E-state index in [-0.39, 0.29) is 6.61 Å². The number of rotatable bonds is 1. The zero-order valence-electron chi connectivity index (χ0n) is 5.41. The summed E-state index contributed by atoms with van der Waals surface area (Å²) < 4.78 is 14.3. The fourth-order valence-corrected chi connectivity index (χ4v) is 0.664. The van der Waals surface area contributed by atoms with E-state index < -0.39 is 12.4 Å². The fraction of sp³-hybridized carbons (Fsp3) is 0.800. The van der Waals surface area contributed by atoms with Crippen LogP contribution in [0.15, 0.2) is 0 Å². The highest BCUT2D eigenvalue weighted by Crippen LogP contribution is 2.01. The molecule has 0 aromatic heterocycles. The van der Waals surface area contributed by atoms with Crippen molar-refractivity contribution in [3.05, 3.63) is 0 Å². The molecule has 0 saturated carbocycles. The molecule has 1 aliphatic rings. The molecule has 1 rings (SSSR count). The number of ether oxygens (including phenoxy) is 3. The van der Waals surface area contributed by atoms with Gasteiger partial charge in [0.2, 0.25) is 6.29 Å². The summed E-state index contributed by atoms with van der Waals surface area (Å²) in [4.78, 5) is 10.1. The van der Waals surface area contributed by atoms with Crippen LogP contribution in [-0.4, -0.2) is 32.2 Å². The van der Waals surface area contributed by atoms with E-state index in [1.54, 1.807) is 0 Å². The Morgan fingerprint density at radius 1 is 1.60 bits per heavy atom. The van der Waals surface area contributed by atoms with Crippen LogP contribution in [0.2, 0.25) is 0 Å². The number of hydrogen-bond acceptors (Lipinski definition) is 4. The number of primary amides is 1. The summed E-state index contributed by atoms with van der Waals surface area (Å²) in [5.41, 5.74) is 4.73. The molecule has 5 nitrogen and oxygen atoms in total. The summed E-state index contributed by atoms with van der Waals surface area (Å²) in [6, 6.07) is 0. The Bertz CT molecular complexity index is 121. The Morgan fingerprint density at radius 3 is 2.90 bits per heavy atom. The third-order valence-corrected chi connectivity index (χ3v) is 1.03. The molecule has 1 saturated heterocycles. The highest BCUT2D eigenvalue weighted by Gasteiger charge is 2.16. The van der Waals surface area contributed by atoms with Gasteiger partial charge in [0.05, 0.1) is 13.2 Å². The van der Waals surface area contributed by atoms with E-state index >= 15 is 0 Å². The van der Waals surface area contributed by atoms with Gasteiger partial charge in [0.15, 0.2) is 0 Å². The Hall–Kier alpha value is -0.810. The van der Waals surface area contributed by atoms with Gasteiger partial charge in [0.25, 0.3) is 0 Å². The molecule has 58 valence electrons. The Kier molecular flexibility index (Phi) is 2.47. The maximum Gasteiger partial charge on any atom is 0.406 e. The predicted molar refractivity (Wildman–Crippen MR) is 31.2 cm³/mol. The lowest BCUT2D eigenvalue weighted by atomic mass is 10.6. The van der Waals surface area contributed by atoms with Crippen LogP contribution in [0, 0.1) is 0 Å². The molecule has 0 aromatic carbocycles. The van der Waals surface area contributed by atoms with Crippen LogP contribution in [0.25, 0.3) is 0 Å². The molecule has 1 aliphatic heterocycles. The van der Waals surface area contributed by atoms with Crippen LogP contribution in [0.4, 0.5) is 4.79 Å². The zero-order valence-corrected chi connectivity index (χ0v) is 5.41. The second-order valence-corrected chi connectivity index (χ2v) is 1.81. The van der Waals surface area contributed by atoms with E-state index in [1.807, 2.05) is 0 Å². The van der Waals surface area contributed by atoms with E-state index in [0.717, 1.165) is 0 Å². The summed E-state index contributed by atoms with van der Waals surface area (Å²) in [7, 11) is 0. The molecule has 0 aliphatic carbocycles. The van der Waals surface area contributed by atoms with Crippen molar-refractivity contribution in [2.24, 2.45) is 5.73 Å². The molecule has 1 heterocycles. The molecule has 0 spiro atoms. The van der Waals surface area contributed by atoms with Gasteiger partial charge in [-0.05, 0) is 0 Å². The van der Waals surface area contributed by atoms with Crippen molar-refractivity contribution in [1.29, 1.82) is 0 Å². The largest absolute Gasteiger partial charge is 0.417 e. The standard InChI is InChI=1S/C5H9NO4/c6-5(7)10-4-3-8-1-2-9-4/h4H,1-3H2,(H2,6,7). The minimum atomic E-state index is -0.837. The number of nitrogens with two attached hydrogens (primary N) is 1. The first-order chi connectivity index (χ1) is 4.79. The molecular weight excluding hydrogens is 138 g/mol. The maximum absolute atomic E-state index is 10.1. The minimum Gasteiger partial charge on any atom is -0.417 e. The average Bonchev–Trinajstić information content (AvgIpc) is 1.88. The topological polar surface area (TPSA) is 70.8 Å². The highest BCUT2D eigenvalue weighted by atomic mass is 16.7. The number of hydrogen-bond donors (Lipinski definition) is 1. The SMILES string of the molecule is NC(=O)OC1COCCO1. The molecular formula is C5H9NO4. The predicted octanol–water partition coefficient (Wildman–Crippen LogP) is -0.545. The van der Waals surface area contributed by atoms with Gasteiger partial charge in [-0.1, -0.05) is 0 Å². The van der Waals surface area contributed by atoms with Crippen LogP contribution in [0.3, 0.4) is 0 Å². The third-order valence-electron chi connectivity index (χ3n) is 1.03. The molecule has 1 fully saturated rings. The van der Waals surface area contributed by atoms with Crippen LogP contribution < -0.4 is 5.73 Å². The smallest absolute Gasteiger partial charge is 0.406 e. The Labute approximate surface area is 58.0 Å². The molecule has 5 heteroatoms. The third kappa shape index (κ3) is 2.20. The van der Waals surface area contributed by atoms with Gasteiger partial charge < -0.3 is 19.9 Å². The molecule has 0 aromatic rings. The lowest BCUT2D eigenvalue weighted by molar-refractivity contribution is -0.183. The van der Waals surface area contributed by atoms with Crippen molar-refractivity contribution in [3.63, 3.8) is 0 Å². The number of amides is 1. The summed E-state index contributed by atoms with van der Waals surface area (Å²) in [5, 5.41) is 0. The molecule has 10 heavy (non-hydrogen) atoms. The monoisotopic (exact) mass is 147 g/mol. The van der Waals surface area contributed by atoms with E-state index in [1.165, 1.54) is 0 Å². The molecule has 0 radical (unpaired) electrons. The van der Waals surface area contributed by atoms with Crippen molar-refractivity contribution in [3.8, 4) is 0 Å². The second-order valence-electron chi connectivity index (χ2n) is 1.81. The summed E-state index contributed by atoms with van der Waals surface area (Å²) in [6.45, 7) is 1.25. The van der Waals surface area contributed by atoms with Crippen molar-refractivity contribution < 1.29 is 19.0 Å². The van der Waals surface area contributed by atoms with Gasteiger partial charge in [-0.3, -0.25) is 0 Å². The molecule has 1 unspecified atom stereocenters. The van der Waals surface area contributed by atoms with Crippen molar-refractivity contribution in [2.75, 3.05) is 19.8 Å². The van der Waals surface area contributed by atoms with Crippen LogP contribution in [0.1, 0.15) is 0 Å². The minimum absolute atomic E-state index is 0.267. The molecule has 2 N–H and O–H groups in total. The summed E-state index contributed by atoms with van der Waals surface area (Å²) in [5.74, 6) is 0. The second kappa shape index (κ2) is 3.38. The van der Waals surface area contributed by atoms with Gasteiger partial charge in [-0.2, -0.15) is 0 Å². The lowest BCUT2D eigenvalue weighted by Gasteiger charge is -2.21. The zero-order chi connectivity index (χ0) is 7.40. The van der Waals surface area contributed by atoms with E-state index in [4.69, 9.17) is 15.2 Å². The van der Waals surface area contributed by atoms with E-state index in [0.29, 0.717) is 13.2 Å². The average molecular weight is 147 g/mol. The lowest BCUT2D eigenvalue weighted by Crippen LogP contribution is -2.34. The van der Waals surface area contributed by atoms with Crippen LogP contribution in [0.5, 0.6) is 0 Å². The molecule has 1 amide bonds. The van der Waals surface area contributed by atoms with E-state index in [2.05, 4.69) is 4.74 Å². The number of carbonyl (C=O) groups is 1. The Balaban J connectivity index is 2.19. The first-order valence-electron chi connectivity index (χ1n) is 2.94. The number of carbonyl (C=O) groups excluding carboxylic acids is 1. The Morgan fingerprint density at radius 2 is 2.40 bits per heavy atom. The maximum atomic E-state index is 10.1. The fourth-order valence-electron chi connectivity index (χ4n) is 0.664. The van der Waals surface area contributed by atoms with Gasteiger partial charge in [-0.25, -0.2) is 4.79 Å². The summed E-state index contributed by atoms with van der Waals surface area (Å²) in [6.07, 6.45) is -1.46. The highest BCUT2D eigenvalue weighted by molar-refractivity contribution is 5.64. The first kappa shape index (κ1) is 7.30. The van der Waals surface area contributed by atoms with Crippen LogP contribution >= 0.6 is 0 Å². The van der Waals surface area contributed by atoms with Gasteiger partial charge >= 0.3 is 6.09 Å². The van der Waals surface area contributed by atoms with E-state index in [9.17, 15) is 4.79 Å². The van der Waals surface area contributed by atoms with Gasteiger partial charge in [0, 0.05) is 0 Å². The molecule has 1 atom stereocenters. The van der Waals surface area contributed by atoms with Gasteiger partial charge in [0.1, 0.15) is 6.61 Å².